The third-order valence-electron chi connectivity index (χ3n) is 3.45. The molecule has 1 aromatic heterocycles. The van der Waals surface area contributed by atoms with E-state index >= 15 is 0 Å². The zero-order valence-corrected chi connectivity index (χ0v) is 13.6. The molecule has 1 aliphatic heterocycles. The second-order valence-electron chi connectivity index (χ2n) is 6.75. The Kier molecular flexibility index (Phi) is 4.73. The summed E-state index contributed by atoms with van der Waals surface area (Å²) >= 11 is 0. The number of hydrogen-bond donors (Lipinski definition) is 2. The van der Waals surface area contributed by atoms with E-state index < -0.39 is 0 Å². The van der Waals surface area contributed by atoms with Crippen molar-refractivity contribution in [2.24, 2.45) is 0 Å². The number of aryl methyl sites for hydroxylation is 1. The van der Waals surface area contributed by atoms with Crippen molar-refractivity contribution in [3.05, 3.63) is 17.5 Å². The van der Waals surface area contributed by atoms with Crippen molar-refractivity contribution in [2.75, 3.05) is 13.1 Å². The molecule has 0 aromatic carbocycles. The number of urea groups is 1. The molecule has 2 heterocycles. The summed E-state index contributed by atoms with van der Waals surface area (Å²) in [6, 6.07) is 1.61. The monoisotopic (exact) mass is 308 g/mol. The number of hydrogen-bond acceptors (Lipinski definition) is 4. The van der Waals surface area contributed by atoms with Gasteiger partial charge in [-0.25, -0.2) is 4.79 Å². The first-order valence-electron chi connectivity index (χ1n) is 7.56. The van der Waals surface area contributed by atoms with Crippen LogP contribution in [0.5, 0.6) is 0 Å². The number of aromatic nitrogens is 1. The summed E-state index contributed by atoms with van der Waals surface area (Å²) in [6.45, 7) is 8.89. The van der Waals surface area contributed by atoms with Crippen molar-refractivity contribution < 1.29 is 14.1 Å². The fraction of sp³-hybridized carbons (Fsp3) is 0.667. The van der Waals surface area contributed by atoms with E-state index in [9.17, 15) is 9.59 Å². The van der Waals surface area contributed by atoms with E-state index in [0.717, 1.165) is 12.8 Å². The second kappa shape index (κ2) is 6.37. The second-order valence-corrected chi connectivity index (χ2v) is 6.75. The van der Waals surface area contributed by atoms with Crippen LogP contribution in [-0.4, -0.2) is 46.7 Å². The van der Waals surface area contributed by atoms with Gasteiger partial charge in [-0.15, -0.1) is 0 Å². The lowest BCUT2D eigenvalue weighted by Gasteiger charge is -2.34. The molecule has 7 nitrogen and oxygen atoms in total. The van der Waals surface area contributed by atoms with Gasteiger partial charge in [0.15, 0.2) is 0 Å². The largest absolute Gasteiger partial charge is 0.351 e. The number of carbonyl (C=O) groups excluding carboxylic acids is 2. The van der Waals surface area contributed by atoms with Gasteiger partial charge >= 0.3 is 6.03 Å². The maximum absolute atomic E-state index is 12.1. The third-order valence-corrected chi connectivity index (χ3v) is 3.45. The van der Waals surface area contributed by atoms with Crippen LogP contribution in [0.1, 0.15) is 49.9 Å². The molecule has 1 saturated heterocycles. The molecule has 3 amide bonds. The summed E-state index contributed by atoms with van der Waals surface area (Å²) in [5, 5.41) is 9.58. The Morgan fingerprint density at radius 3 is 2.45 bits per heavy atom. The van der Waals surface area contributed by atoms with E-state index in [0.29, 0.717) is 18.8 Å². The lowest BCUT2D eigenvalue weighted by atomic mass is 10.0. The van der Waals surface area contributed by atoms with Crippen molar-refractivity contribution in [3.63, 3.8) is 0 Å². The summed E-state index contributed by atoms with van der Waals surface area (Å²) in [7, 11) is 0. The number of rotatable bonds is 2. The van der Waals surface area contributed by atoms with E-state index in [-0.39, 0.29) is 29.3 Å². The average molecular weight is 308 g/mol. The van der Waals surface area contributed by atoms with Crippen molar-refractivity contribution >= 4 is 11.9 Å². The fourth-order valence-corrected chi connectivity index (χ4v) is 2.35. The molecule has 0 radical (unpaired) electrons. The zero-order chi connectivity index (χ0) is 16.3. The molecule has 0 atom stereocenters. The number of amides is 3. The van der Waals surface area contributed by atoms with Crippen molar-refractivity contribution in [1.29, 1.82) is 0 Å². The molecule has 0 bridgehead atoms. The van der Waals surface area contributed by atoms with Gasteiger partial charge in [0, 0.05) is 30.7 Å². The highest BCUT2D eigenvalue weighted by Gasteiger charge is 2.26. The number of carbonyl (C=O) groups is 2. The van der Waals surface area contributed by atoms with Gasteiger partial charge in [-0.05, 0) is 40.5 Å². The molecular weight excluding hydrogens is 284 g/mol. The number of piperidine rings is 1. The van der Waals surface area contributed by atoms with E-state index in [1.165, 1.54) is 0 Å². The third kappa shape index (κ3) is 4.47. The SMILES string of the molecule is Cc1cc(C(=O)NC2CCN(C(=O)NC(C)(C)C)CC2)on1. The highest BCUT2D eigenvalue weighted by atomic mass is 16.5. The van der Waals surface area contributed by atoms with Crippen LogP contribution < -0.4 is 10.6 Å². The fourth-order valence-electron chi connectivity index (χ4n) is 2.35. The quantitative estimate of drug-likeness (QED) is 0.870. The smallest absolute Gasteiger partial charge is 0.317 e. The van der Waals surface area contributed by atoms with Crippen molar-refractivity contribution in [2.45, 2.75) is 52.1 Å². The van der Waals surface area contributed by atoms with E-state index in [2.05, 4.69) is 15.8 Å². The Balaban J connectivity index is 1.80. The zero-order valence-electron chi connectivity index (χ0n) is 13.6. The van der Waals surface area contributed by atoms with Gasteiger partial charge in [0.2, 0.25) is 5.76 Å². The van der Waals surface area contributed by atoms with Crippen LogP contribution in [0.3, 0.4) is 0 Å². The first-order valence-corrected chi connectivity index (χ1v) is 7.56. The molecular formula is C15H24N4O3. The Labute approximate surface area is 130 Å². The molecule has 0 saturated carbocycles. The van der Waals surface area contributed by atoms with Crippen LogP contribution in [0.4, 0.5) is 4.79 Å². The molecule has 2 rings (SSSR count). The Hall–Kier alpha value is -2.05. The topological polar surface area (TPSA) is 87.5 Å². The Bertz CT molecular complexity index is 539. The highest BCUT2D eigenvalue weighted by Crippen LogP contribution is 2.13. The number of likely N-dealkylation sites (tertiary alicyclic amines) is 1. The molecule has 2 N–H and O–H groups in total. The molecule has 0 aliphatic carbocycles. The van der Waals surface area contributed by atoms with Gasteiger partial charge in [0.25, 0.3) is 5.91 Å². The maximum Gasteiger partial charge on any atom is 0.317 e. The normalized spacial score (nSPS) is 16.5. The van der Waals surface area contributed by atoms with E-state index in [1.807, 2.05) is 20.8 Å². The first-order chi connectivity index (χ1) is 10.2. The van der Waals surface area contributed by atoms with Crippen LogP contribution in [0.25, 0.3) is 0 Å². The maximum atomic E-state index is 12.1. The molecule has 0 spiro atoms. The summed E-state index contributed by atoms with van der Waals surface area (Å²) in [5.41, 5.74) is 0.436. The first kappa shape index (κ1) is 16.3. The Morgan fingerprint density at radius 1 is 1.32 bits per heavy atom. The molecule has 0 unspecified atom stereocenters. The number of nitrogens with zero attached hydrogens (tertiary/aromatic N) is 2. The standard InChI is InChI=1S/C15H24N4O3/c1-10-9-12(22-18-10)13(20)16-11-5-7-19(8-6-11)14(21)17-15(2,3)4/h9,11H,5-8H2,1-4H3,(H,16,20)(H,17,21). The minimum absolute atomic E-state index is 0.0524. The van der Waals surface area contributed by atoms with E-state index in [1.54, 1.807) is 17.9 Å². The summed E-state index contributed by atoms with van der Waals surface area (Å²) in [6.07, 6.45) is 1.47. The highest BCUT2D eigenvalue weighted by molar-refractivity contribution is 5.91. The summed E-state index contributed by atoms with van der Waals surface area (Å²) in [4.78, 5) is 25.8. The van der Waals surface area contributed by atoms with Gasteiger partial charge in [0.1, 0.15) is 0 Å². The van der Waals surface area contributed by atoms with Crippen molar-refractivity contribution in [1.82, 2.24) is 20.7 Å². The van der Waals surface area contributed by atoms with Crippen molar-refractivity contribution in [3.8, 4) is 0 Å². The van der Waals surface area contributed by atoms with E-state index in [4.69, 9.17) is 4.52 Å². The molecule has 1 aliphatic rings. The van der Waals surface area contributed by atoms with Gasteiger partial charge in [0.05, 0.1) is 5.69 Å². The summed E-state index contributed by atoms with van der Waals surface area (Å²) in [5.74, 6) is -0.0244. The van der Waals surface area contributed by atoms with Gasteiger partial charge < -0.3 is 20.1 Å². The van der Waals surface area contributed by atoms with Crippen LogP contribution >= 0.6 is 0 Å². The van der Waals surface area contributed by atoms with Gasteiger partial charge in [-0.1, -0.05) is 5.16 Å². The van der Waals surface area contributed by atoms with Crippen LogP contribution in [0, 0.1) is 6.92 Å². The minimum Gasteiger partial charge on any atom is -0.351 e. The molecule has 122 valence electrons. The molecule has 7 heteroatoms. The minimum atomic E-state index is -0.252. The lowest BCUT2D eigenvalue weighted by Crippen LogP contribution is -2.53. The van der Waals surface area contributed by atoms with Gasteiger partial charge in [-0.2, -0.15) is 0 Å². The predicted octanol–water partition coefficient (Wildman–Crippen LogP) is 1.69. The van der Waals surface area contributed by atoms with Crippen LogP contribution in [0.2, 0.25) is 0 Å². The molecule has 1 fully saturated rings. The molecule has 22 heavy (non-hydrogen) atoms. The number of nitrogens with one attached hydrogen (secondary N) is 2. The predicted molar refractivity (Wildman–Crippen MR) is 81.6 cm³/mol. The Morgan fingerprint density at radius 2 is 1.95 bits per heavy atom. The molecule has 1 aromatic rings. The van der Waals surface area contributed by atoms with Crippen LogP contribution in [-0.2, 0) is 0 Å². The van der Waals surface area contributed by atoms with Crippen LogP contribution in [0.15, 0.2) is 10.6 Å². The summed E-state index contributed by atoms with van der Waals surface area (Å²) < 4.78 is 4.95. The lowest BCUT2D eigenvalue weighted by molar-refractivity contribution is 0.0880. The van der Waals surface area contributed by atoms with Gasteiger partial charge in [-0.3, -0.25) is 4.79 Å². The average Bonchev–Trinajstić information content (AvgIpc) is 2.84.